The highest BCUT2D eigenvalue weighted by Gasteiger charge is 2.15. The van der Waals surface area contributed by atoms with Gasteiger partial charge in [0.2, 0.25) is 5.91 Å². The summed E-state index contributed by atoms with van der Waals surface area (Å²) in [6.07, 6.45) is 1.45. The first-order chi connectivity index (χ1) is 7.53. The molecule has 0 saturated carbocycles. The minimum atomic E-state index is -3.63. The van der Waals surface area contributed by atoms with E-state index in [0.29, 0.717) is 5.76 Å². The van der Waals surface area contributed by atoms with Gasteiger partial charge in [-0.1, -0.05) is 0 Å². The molecule has 0 aliphatic heterocycles. The molecule has 1 heterocycles. The van der Waals surface area contributed by atoms with E-state index in [2.05, 4.69) is 5.32 Å². The molecule has 1 amide bonds. The maximum atomic E-state index is 11.2. The van der Waals surface area contributed by atoms with Gasteiger partial charge in [0, 0.05) is 0 Å². The Labute approximate surface area is 92.8 Å². The van der Waals surface area contributed by atoms with Gasteiger partial charge in [-0.15, -0.1) is 0 Å². The van der Waals surface area contributed by atoms with E-state index in [1.54, 1.807) is 12.1 Å². The largest absolute Gasteiger partial charge is 0.467 e. The van der Waals surface area contributed by atoms with Crippen LogP contribution in [0.2, 0.25) is 0 Å². The minimum Gasteiger partial charge on any atom is -0.467 e. The van der Waals surface area contributed by atoms with Gasteiger partial charge in [-0.25, -0.2) is 8.42 Å². The number of amides is 1. The average molecular weight is 242 g/mol. The Morgan fingerprint density at radius 3 is 2.88 bits per heavy atom. The summed E-state index contributed by atoms with van der Waals surface area (Å²) in [6, 6.07) is 4.81. The first kappa shape index (κ1) is 12.3. The van der Waals surface area contributed by atoms with Crippen molar-refractivity contribution >= 4 is 15.7 Å². The highest BCUT2D eigenvalue weighted by Crippen LogP contribution is 1.98. The topological polar surface area (TPSA) is 100 Å². The lowest BCUT2D eigenvalue weighted by atomic mass is 10.4. The zero-order valence-electron chi connectivity index (χ0n) is 8.34. The molecule has 1 rings (SSSR count). The second-order valence-corrected chi connectivity index (χ2v) is 5.11. The second kappa shape index (κ2) is 5.32. The summed E-state index contributed by atoms with van der Waals surface area (Å²) in [5.74, 6) is -1.44. The lowest BCUT2D eigenvalue weighted by Gasteiger charge is -2.02. The lowest BCUT2D eigenvalue weighted by Crippen LogP contribution is -2.30. The van der Waals surface area contributed by atoms with E-state index in [9.17, 15) is 13.2 Å². The van der Waals surface area contributed by atoms with Crippen LogP contribution in [-0.2, 0) is 21.2 Å². The molecule has 1 N–H and O–H groups in total. The van der Waals surface area contributed by atoms with Crippen LogP contribution in [-0.4, -0.2) is 25.8 Å². The molecule has 0 atom stereocenters. The lowest BCUT2D eigenvalue weighted by molar-refractivity contribution is -0.118. The summed E-state index contributed by atoms with van der Waals surface area (Å²) in [5, 5.41) is 10.6. The zero-order chi connectivity index (χ0) is 12.0. The summed E-state index contributed by atoms with van der Waals surface area (Å²) in [5.41, 5.74) is 0. The quantitative estimate of drug-likeness (QED) is 0.772. The van der Waals surface area contributed by atoms with Gasteiger partial charge in [0.25, 0.3) is 0 Å². The third-order valence-electron chi connectivity index (χ3n) is 1.68. The number of hydrogen-bond donors (Lipinski definition) is 1. The van der Waals surface area contributed by atoms with E-state index < -0.39 is 27.3 Å². The van der Waals surface area contributed by atoms with Crippen LogP contribution in [0.15, 0.2) is 22.8 Å². The number of rotatable bonds is 5. The van der Waals surface area contributed by atoms with Crippen molar-refractivity contribution in [3.05, 3.63) is 24.2 Å². The molecule has 0 unspecified atom stereocenters. The molecular formula is C9H10N2O4S. The number of carbonyl (C=O) groups is 1. The van der Waals surface area contributed by atoms with Crippen LogP contribution in [0, 0.1) is 11.3 Å². The second-order valence-electron chi connectivity index (χ2n) is 3.05. The van der Waals surface area contributed by atoms with E-state index in [-0.39, 0.29) is 6.54 Å². The van der Waals surface area contributed by atoms with Gasteiger partial charge < -0.3 is 9.73 Å². The Bertz CT molecular complexity index is 484. The Morgan fingerprint density at radius 1 is 1.56 bits per heavy atom. The summed E-state index contributed by atoms with van der Waals surface area (Å²) in [6.45, 7) is 0.133. The molecule has 0 aromatic carbocycles. The van der Waals surface area contributed by atoms with Crippen molar-refractivity contribution in [1.82, 2.24) is 5.32 Å². The molecule has 86 valence electrons. The van der Waals surface area contributed by atoms with Crippen molar-refractivity contribution in [2.24, 2.45) is 0 Å². The molecule has 0 aliphatic rings. The van der Waals surface area contributed by atoms with Crippen LogP contribution in [0.25, 0.3) is 0 Å². The van der Waals surface area contributed by atoms with Crippen molar-refractivity contribution in [3.8, 4) is 6.07 Å². The minimum absolute atomic E-state index is 0.133. The summed E-state index contributed by atoms with van der Waals surface area (Å²) in [4.78, 5) is 11.2. The predicted molar refractivity (Wildman–Crippen MR) is 54.8 cm³/mol. The van der Waals surface area contributed by atoms with Gasteiger partial charge in [0.05, 0.1) is 18.9 Å². The molecule has 7 heteroatoms. The third kappa shape index (κ3) is 4.14. The molecule has 0 aliphatic carbocycles. The smallest absolute Gasteiger partial charge is 0.235 e. The van der Waals surface area contributed by atoms with E-state index in [0.717, 1.165) is 0 Å². The van der Waals surface area contributed by atoms with E-state index in [1.807, 2.05) is 0 Å². The number of nitrogens with one attached hydrogen (secondary N) is 1. The Hall–Kier alpha value is -1.81. The maximum Gasteiger partial charge on any atom is 0.235 e. The normalized spacial score (nSPS) is 10.7. The SMILES string of the molecule is N#CCS(=O)(=O)CC(=O)NCc1ccco1. The van der Waals surface area contributed by atoms with Gasteiger partial charge >= 0.3 is 0 Å². The zero-order valence-corrected chi connectivity index (χ0v) is 9.16. The molecular weight excluding hydrogens is 232 g/mol. The predicted octanol–water partition coefficient (Wildman–Crippen LogP) is -0.166. The molecule has 16 heavy (non-hydrogen) atoms. The van der Waals surface area contributed by atoms with Crippen molar-refractivity contribution in [2.75, 3.05) is 11.5 Å². The van der Waals surface area contributed by atoms with Crippen LogP contribution >= 0.6 is 0 Å². The number of sulfone groups is 1. The van der Waals surface area contributed by atoms with Crippen molar-refractivity contribution in [2.45, 2.75) is 6.54 Å². The number of nitrogens with zero attached hydrogens (tertiary/aromatic N) is 1. The number of nitriles is 1. The fourth-order valence-corrected chi connectivity index (χ4v) is 1.80. The van der Waals surface area contributed by atoms with Gasteiger partial charge in [-0.3, -0.25) is 4.79 Å². The molecule has 1 aromatic heterocycles. The number of furan rings is 1. The summed E-state index contributed by atoms with van der Waals surface area (Å²) in [7, 11) is -3.63. The maximum absolute atomic E-state index is 11.2. The third-order valence-corrected chi connectivity index (χ3v) is 2.95. The number of hydrogen-bond acceptors (Lipinski definition) is 5. The molecule has 0 saturated heterocycles. The highest BCUT2D eigenvalue weighted by atomic mass is 32.2. The molecule has 0 bridgehead atoms. The molecule has 0 fully saturated rings. The van der Waals surface area contributed by atoms with Crippen LogP contribution in [0.5, 0.6) is 0 Å². The van der Waals surface area contributed by atoms with Gasteiger partial charge in [0.1, 0.15) is 17.3 Å². The first-order valence-corrected chi connectivity index (χ1v) is 6.22. The van der Waals surface area contributed by atoms with Crippen LogP contribution in [0.3, 0.4) is 0 Å². The molecule has 0 spiro atoms. The standard InChI is InChI=1S/C9H10N2O4S/c10-3-5-16(13,14)7-9(12)11-6-8-2-1-4-15-8/h1-2,4H,5-7H2,(H,11,12). The Balaban J connectivity index is 2.40. The van der Waals surface area contributed by atoms with Gasteiger partial charge in [-0.05, 0) is 12.1 Å². The summed E-state index contributed by atoms with van der Waals surface area (Å²) >= 11 is 0. The Kier molecular flexibility index (Phi) is 4.08. The first-order valence-electron chi connectivity index (χ1n) is 4.40. The van der Waals surface area contributed by atoms with Gasteiger partial charge in [-0.2, -0.15) is 5.26 Å². The highest BCUT2D eigenvalue weighted by molar-refractivity contribution is 7.92. The fraction of sp³-hybridized carbons (Fsp3) is 0.333. The van der Waals surface area contributed by atoms with Crippen LogP contribution in [0.1, 0.15) is 5.76 Å². The van der Waals surface area contributed by atoms with Crippen LogP contribution in [0.4, 0.5) is 0 Å². The molecule has 0 radical (unpaired) electrons. The molecule has 1 aromatic rings. The van der Waals surface area contributed by atoms with E-state index in [1.165, 1.54) is 12.3 Å². The monoisotopic (exact) mass is 242 g/mol. The van der Waals surface area contributed by atoms with E-state index in [4.69, 9.17) is 9.68 Å². The van der Waals surface area contributed by atoms with Crippen LogP contribution < -0.4 is 5.32 Å². The Morgan fingerprint density at radius 2 is 2.31 bits per heavy atom. The average Bonchev–Trinajstić information content (AvgIpc) is 2.66. The fourth-order valence-electron chi connectivity index (χ4n) is 0.999. The summed E-state index contributed by atoms with van der Waals surface area (Å²) < 4.78 is 27.1. The van der Waals surface area contributed by atoms with Crippen molar-refractivity contribution < 1.29 is 17.6 Å². The van der Waals surface area contributed by atoms with E-state index >= 15 is 0 Å². The number of carbonyl (C=O) groups excluding carboxylic acids is 1. The molecule has 6 nitrogen and oxygen atoms in total. The van der Waals surface area contributed by atoms with Gasteiger partial charge in [0.15, 0.2) is 9.84 Å². The van der Waals surface area contributed by atoms with Crippen molar-refractivity contribution in [1.29, 1.82) is 5.26 Å². The van der Waals surface area contributed by atoms with Crippen molar-refractivity contribution in [3.63, 3.8) is 0 Å².